The van der Waals surface area contributed by atoms with E-state index in [9.17, 15) is 4.79 Å². The highest BCUT2D eigenvalue weighted by molar-refractivity contribution is 5.89. The summed E-state index contributed by atoms with van der Waals surface area (Å²) in [5.74, 6) is 2.27. The van der Waals surface area contributed by atoms with Crippen molar-refractivity contribution in [2.75, 3.05) is 37.0 Å². The van der Waals surface area contributed by atoms with Gasteiger partial charge in [-0.15, -0.1) is 10.2 Å². The van der Waals surface area contributed by atoms with Crippen molar-refractivity contribution >= 4 is 23.4 Å². The van der Waals surface area contributed by atoms with Crippen molar-refractivity contribution in [3.05, 3.63) is 95.3 Å². The fourth-order valence-corrected chi connectivity index (χ4v) is 8.36. The van der Waals surface area contributed by atoms with E-state index in [1.54, 1.807) is 7.11 Å². The number of carbonyl (C=O) groups is 1. The Hall–Kier alpha value is -4.94. The van der Waals surface area contributed by atoms with Crippen LogP contribution in [0, 0.1) is 0 Å². The third-order valence-corrected chi connectivity index (χ3v) is 11.6. The van der Waals surface area contributed by atoms with E-state index in [2.05, 4.69) is 99.1 Å². The van der Waals surface area contributed by atoms with Gasteiger partial charge in [0, 0.05) is 50.8 Å². The normalized spacial score (nSPS) is 21.0. The Morgan fingerprint density at radius 1 is 0.891 bits per heavy atom. The number of amides is 2. The van der Waals surface area contributed by atoms with Crippen molar-refractivity contribution < 1.29 is 14.3 Å². The molecule has 3 aliphatic rings. The van der Waals surface area contributed by atoms with Gasteiger partial charge in [0.1, 0.15) is 17.7 Å². The van der Waals surface area contributed by atoms with Gasteiger partial charge in [-0.1, -0.05) is 57.2 Å². The van der Waals surface area contributed by atoms with Crippen LogP contribution in [0.3, 0.4) is 0 Å². The molecule has 3 aromatic heterocycles. The first kappa shape index (κ1) is 37.0. The number of anilines is 2. The minimum absolute atomic E-state index is 0.153. The summed E-state index contributed by atoms with van der Waals surface area (Å²) in [6.07, 6.45) is 9.41. The zero-order chi connectivity index (χ0) is 38.1. The number of likely N-dealkylation sites (tertiary alicyclic amines) is 1. The van der Waals surface area contributed by atoms with Crippen LogP contribution in [0.1, 0.15) is 107 Å². The molecule has 0 radical (unpaired) electrons. The van der Waals surface area contributed by atoms with Crippen LogP contribution in [-0.2, 0) is 16.7 Å². The molecule has 0 spiro atoms. The highest BCUT2D eigenvalue weighted by atomic mass is 16.5. The molecule has 0 saturated carbocycles. The summed E-state index contributed by atoms with van der Waals surface area (Å²) >= 11 is 0. The number of piperidine rings is 2. The predicted octanol–water partition coefficient (Wildman–Crippen LogP) is 7.98. The molecule has 2 N–H and O–H groups in total. The molecule has 2 aliphatic heterocycles. The van der Waals surface area contributed by atoms with Gasteiger partial charge in [0.25, 0.3) is 0 Å². The summed E-state index contributed by atoms with van der Waals surface area (Å²) in [6, 6.07) is 22.7. The number of aromatic nitrogens is 5. The third kappa shape index (κ3) is 8.07. The van der Waals surface area contributed by atoms with Crippen LogP contribution in [0.5, 0.6) is 5.75 Å². The van der Waals surface area contributed by atoms with Gasteiger partial charge in [0.05, 0.1) is 29.7 Å². The zero-order valence-corrected chi connectivity index (χ0v) is 32.9. The van der Waals surface area contributed by atoms with Crippen LogP contribution in [0.2, 0.25) is 0 Å². The predicted molar refractivity (Wildman–Crippen MR) is 215 cm³/mol. The Balaban J connectivity index is 0.958. The molecule has 8 rings (SSSR count). The van der Waals surface area contributed by atoms with Gasteiger partial charge >= 0.3 is 6.03 Å². The van der Waals surface area contributed by atoms with Crippen molar-refractivity contribution in [2.24, 2.45) is 0 Å². The van der Waals surface area contributed by atoms with Gasteiger partial charge in [-0.05, 0) is 92.8 Å². The second-order valence-electron chi connectivity index (χ2n) is 16.5. The van der Waals surface area contributed by atoms with E-state index in [1.165, 1.54) is 12.0 Å². The maximum atomic E-state index is 13.8. The fourth-order valence-electron chi connectivity index (χ4n) is 8.36. The fraction of sp³-hybridized carbons (Fsp3) is 0.488. The van der Waals surface area contributed by atoms with Crippen molar-refractivity contribution in [3.63, 3.8) is 0 Å². The Morgan fingerprint density at radius 2 is 1.67 bits per heavy atom. The standard InChI is InChI=1S/C43H55N9O3/c1-29-10-8-9-23-50(29)42-47-46-39-20-17-33(28-51(39)42)55-37-19-18-36(34-11-6-7-12-35(34)37)44-41(53)45-40-26-38(43(2,3)4)48-52(40)31-15-13-30(14-16-31)27-49-24-21-32(54-5)22-25-49/h6-7,11-17,20,26,28-29,32,36-37H,8-10,18-19,21-25,27H2,1-5H3,(H2,44,45,53)/t29?,36-,37+/m0/s1. The minimum Gasteiger partial charge on any atom is -0.484 e. The summed E-state index contributed by atoms with van der Waals surface area (Å²) in [5.41, 5.74) is 5.81. The molecule has 3 atom stereocenters. The number of nitrogens with zero attached hydrogens (tertiary/aromatic N) is 7. The lowest BCUT2D eigenvalue weighted by molar-refractivity contribution is 0.0388. The number of methoxy groups -OCH3 is 1. The largest absolute Gasteiger partial charge is 0.484 e. The summed E-state index contributed by atoms with van der Waals surface area (Å²) in [6.45, 7) is 12.6. The van der Waals surface area contributed by atoms with E-state index in [-0.39, 0.29) is 23.6 Å². The first-order valence-electron chi connectivity index (χ1n) is 20.0. The number of hydrogen-bond donors (Lipinski definition) is 2. The SMILES string of the molecule is COC1CCN(Cc2ccc(-n3nc(C(C)(C)C)cc3NC(=O)N[C@H]3CC[C@@H](Oc4ccc5nnc(N6CCCCC6C)n5c4)c4ccccc43)cc2)CC1. The highest BCUT2D eigenvalue weighted by Gasteiger charge is 2.31. The molecule has 2 saturated heterocycles. The van der Waals surface area contributed by atoms with E-state index in [4.69, 9.17) is 14.6 Å². The molecule has 5 aromatic rings. The number of fused-ring (bicyclic) bond motifs is 2. The van der Waals surface area contributed by atoms with E-state index in [1.807, 2.05) is 41.2 Å². The maximum absolute atomic E-state index is 13.8. The van der Waals surface area contributed by atoms with Crippen LogP contribution in [0.25, 0.3) is 11.3 Å². The molecule has 2 fully saturated rings. The molecule has 290 valence electrons. The number of benzene rings is 2. The second-order valence-corrected chi connectivity index (χ2v) is 16.5. The molecule has 2 amide bonds. The average Bonchev–Trinajstić information content (AvgIpc) is 3.81. The van der Waals surface area contributed by atoms with Gasteiger partial charge in [0.2, 0.25) is 5.95 Å². The van der Waals surface area contributed by atoms with E-state index >= 15 is 0 Å². The lowest BCUT2D eigenvalue weighted by atomic mass is 9.85. The first-order chi connectivity index (χ1) is 26.6. The molecular weight excluding hydrogens is 691 g/mol. The second kappa shape index (κ2) is 15.7. The zero-order valence-electron chi connectivity index (χ0n) is 32.9. The molecule has 2 aromatic carbocycles. The number of urea groups is 1. The molecule has 12 nitrogen and oxygen atoms in total. The number of carbonyl (C=O) groups excluding carboxylic acids is 1. The van der Waals surface area contributed by atoms with E-state index < -0.39 is 0 Å². The van der Waals surface area contributed by atoms with Crippen molar-refractivity contribution in [1.29, 1.82) is 0 Å². The number of rotatable bonds is 9. The lowest BCUT2D eigenvalue weighted by Crippen LogP contribution is -2.38. The highest BCUT2D eigenvalue weighted by Crippen LogP contribution is 2.39. The molecule has 5 heterocycles. The van der Waals surface area contributed by atoms with Gasteiger partial charge in [0.15, 0.2) is 5.65 Å². The van der Waals surface area contributed by atoms with Crippen molar-refractivity contribution in [3.8, 4) is 11.4 Å². The molecule has 55 heavy (non-hydrogen) atoms. The Morgan fingerprint density at radius 3 is 2.42 bits per heavy atom. The average molecular weight is 746 g/mol. The summed E-state index contributed by atoms with van der Waals surface area (Å²) in [4.78, 5) is 18.6. The van der Waals surface area contributed by atoms with Gasteiger partial charge < -0.3 is 19.7 Å². The quantitative estimate of drug-likeness (QED) is 0.156. The first-order valence-corrected chi connectivity index (χ1v) is 20.0. The van der Waals surface area contributed by atoms with Crippen LogP contribution < -0.4 is 20.3 Å². The molecule has 1 unspecified atom stereocenters. The Bertz CT molecular complexity index is 2090. The van der Waals surface area contributed by atoms with E-state index in [0.29, 0.717) is 18.0 Å². The van der Waals surface area contributed by atoms with Crippen molar-refractivity contribution in [2.45, 2.75) is 109 Å². The van der Waals surface area contributed by atoms with E-state index in [0.717, 1.165) is 105 Å². The Kier molecular flexibility index (Phi) is 10.5. The molecule has 1 aliphatic carbocycles. The van der Waals surface area contributed by atoms with Gasteiger partial charge in [-0.2, -0.15) is 5.10 Å². The summed E-state index contributed by atoms with van der Waals surface area (Å²) in [7, 11) is 1.81. The molecule has 12 heteroatoms. The smallest absolute Gasteiger partial charge is 0.320 e. The summed E-state index contributed by atoms with van der Waals surface area (Å²) < 4.78 is 16.1. The molecular formula is C43H55N9O3. The monoisotopic (exact) mass is 745 g/mol. The third-order valence-electron chi connectivity index (χ3n) is 11.6. The topological polar surface area (TPSA) is 114 Å². The minimum atomic E-state index is -0.269. The number of pyridine rings is 1. The van der Waals surface area contributed by atoms with Crippen LogP contribution in [0.15, 0.2) is 72.9 Å². The maximum Gasteiger partial charge on any atom is 0.320 e. The van der Waals surface area contributed by atoms with Crippen LogP contribution >= 0.6 is 0 Å². The Labute approximate surface area is 324 Å². The summed E-state index contributed by atoms with van der Waals surface area (Å²) in [5, 5.41) is 20.4. The van der Waals surface area contributed by atoms with Crippen LogP contribution in [-0.4, -0.2) is 74.2 Å². The van der Waals surface area contributed by atoms with Crippen molar-refractivity contribution in [1.82, 2.24) is 34.6 Å². The number of ether oxygens (including phenoxy) is 2. The number of hydrogen-bond acceptors (Lipinski definition) is 8. The number of nitrogens with one attached hydrogen (secondary N) is 2. The van der Waals surface area contributed by atoms with Crippen LogP contribution in [0.4, 0.5) is 16.6 Å². The molecule has 0 bridgehead atoms. The van der Waals surface area contributed by atoms with Gasteiger partial charge in [-0.3, -0.25) is 14.6 Å². The van der Waals surface area contributed by atoms with Gasteiger partial charge in [-0.25, -0.2) is 9.48 Å². The lowest BCUT2D eigenvalue weighted by Gasteiger charge is -2.33.